The van der Waals surface area contributed by atoms with E-state index in [4.69, 9.17) is 0 Å². The first-order chi connectivity index (χ1) is 15.9. The molecule has 0 amide bonds. The Morgan fingerprint density at radius 3 is 2.31 bits per heavy atom. The molecule has 0 saturated heterocycles. The molecule has 0 bridgehead atoms. The number of carbonyl (C=O) groups is 1. The number of fused-ring (bicyclic) bond motifs is 5. The third kappa shape index (κ3) is 3.70. The summed E-state index contributed by atoms with van der Waals surface area (Å²) in [6.07, 6.45) is 0.484. The molecule has 2 unspecified atom stereocenters. The van der Waals surface area contributed by atoms with Gasteiger partial charge in [-0.25, -0.2) is 0 Å². The number of aliphatic hydroxyl groups is 7. The molecule has 0 heterocycles. The van der Waals surface area contributed by atoms with Gasteiger partial charge in [-0.15, -0.1) is 0 Å². The summed E-state index contributed by atoms with van der Waals surface area (Å²) in [7, 11) is 0. The predicted octanol–water partition coefficient (Wildman–Crippen LogP) is 1.03. The van der Waals surface area contributed by atoms with E-state index in [1.165, 1.54) is 6.08 Å². The number of carbonyl (C=O) groups excluding carboxylic acids is 1. The van der Waals surface area contributed by atoms with E-state index < -0.39 is 58.0 Å². The summed E-state index contributed by atoms with van der Waals surface area (Å²) in [5.41, 5.74) is -3.83. The van der Waals surface area contributed by atoms with Crippen molar-refractivity contribution in [3.63, 3.8) is 0 Å². The lowest BCUT2D eigenvalue weighted by Gasteiger charge is -2.63. The largest absolute Gasteiger partial charge is 0.393 e. The summed E-state index contributed by atoms with van der Waals surface area (Å²) in [6, 6.07) is 0. The Bertz CT molecular complexity index is 892. The fourth-order valence-electron chi connectivity index (χ4n) is 8.37. The van der Waals surface area contributed by atoms with Gasteiger partial charge in [0.05, 0.1) is 23.4 Å². The van der Waals surface area contributed by atoms with Crippen molar-refractivity contribution in [2.24, 2.45) is 34.5 Å². The molecule has 200 valence electrons. The zero-order valence-corrected chi connectivity index (χ0v) is 21.6. The lowest BCUT2D eigenvalue weighted by Crippen LogP contribution is -2.72. The highest BCUT2D eigenvalue weighted by Crippen LogP contribution is 2.69. The molecule has 3 saturated carbocycles. The van der Waals surface area contributed by atoms with Gasteiger partial charge in [-0.05, 0) is 88.2 Å². The summed E-state index contributed by atoms with van der Waals surface area (Å²) < 4.78 is 0. The van der Waals surface area contributed by atoms with Gasteiger partial charge < -0.3 is 35.7 Å². The summed E-state index contributed by atoms with van der Waals surface area (Å²) in [5.74, 6) is -4.66. The lowest BCUT2D eigenvalue weighted by atomic mass is 9.44. The number of hydrogen-bond donors (Lipinski definition) is 7. The van der Waals surface area contributed by atoms with Crippen molar-refractivity contribution in [1.82, 2.24) is 0 Å². The molecule has 8 nitrogen and oxygen atoms in total. The third-order valence-corrected chi connectivity index (χ3v) is 10.8. The zero-order valence-electron chi connectivity index (χ0n) is 21.6. The van der Waals surface area contributed by atoms with Crippen LogP contribution in [0.4, 0.5) is 0 Å². The SMILES string of the molecule is CC([C@H](O)CCC(C)(C)O)[C@H]1CC[C@@]2(O)C3=CC(=O)[C@@H]4C[C@@H](O)[C@H](O)C(O)(O)[C@]4(C)C3CC[C@]12C. The van der Waals surface area contributed by atoms with Crippen LogP contribution >= 0.6 is 0 Å². The second kappa shape index (κ2) is 8.32. The molecule has 4 aliphatic carbocycles. The van der Waals surface area contributed by atoms with Gasteiger partial charge >= 0.3 is 0 Å². The summed E-state index contributed by atoms with van der Waals surface area (Å²) in [6.45, 7) is 9.00. The van der Waals surface area contributed by atoms with Gasteiger partial charge in [-0.2, -0.15) is 0 Å². The van der Waals surface area contributed by atoms with Crippen molar-refractivity contribution in [3.05, 3.63) is 11.6 Å². The number of ketones is 1. The predicted molar refractivity (Wildman–Crippen MR) is 128 cm³/mol. The molecule has 10 atom stereocenters. The van der Waals surface area contributed by atoms with Gasteiger partial charge in [-0.1, -0.05) is 20.8 Å². The number of rotatable bonds is 5. The first-order valence-electron chi connectivity index (χ1n) is 13.1. The van der Waals surface area contributed by atoms with Crippen LogP contribution < -0.4 is 0 Å². The van der Waals surface area contributed by atoms with Crippen molar-refractivity contribution in [2.75, 3.05) is 0 Å². The Labute approximate surface area is 207 Å². The molecule has 0 radical (unpaired) electrons. The quantitative estimate of drug-likeness (QED) is 0.278. The Morgan fingerprint density at radius 1 is 1.09 bits per heavy atom. The van der Waals surface area contributed by atoms with Crippen molar-refractivity contribution in [2.45, 2.75) is 115 Å². The Hall–Kier alpha value is -0.870. The van der Waals surface area contributed by atoms with E-state index in [2.05, 4.69) is 0 Å². The van der Waals surface area contributed by atoms with E-state index in [-0.39, 0.29) is 24.0 Å². The molecule has 35 heavy (non-hydrogen) atoms. The van der Waals surface area contributed by atoms with E-state index >= 15 is 0 Å². The molecule has 3 fully saturated rings. The van der Waals surface area contributed by atoms with E-state index in [9.17, 15) is 40.5 Å². The first kappa shape index (κ1) is 27.2. The maximum Gasteiger partial charge on any atom is 0.198 e. The van der Waals surface area contributed by atoms with Crippen LogP contribution in [-0.4, -0.2) is 76.8 Å². The van der Waals surface area contributed by atoms with Gasteiger partial charge in [0.25, 0.3) is 0 Å². The van der Waals surface area contributed by atoms with Gasteiger partial charge in [-0.3, -0.25) is 4.79 Å². The van der Waals surface area contributed by atoms with Crippen LogP contribution in [-0.2, 0) is 4.79 Å². The van der Waals surface area contributed by atoms with E-state index in [0.29, 0.717) is 44.1 Å². The van der Waals surface area contributed by atoms with Crippen LogP contribution in [0.3, 0.4) is 0 Å². The highest BCUT2D eigenvalue weighted by Gasteiger charge is 2.72. The summed E-state index contributed by atoms with van der Waals surface area (Å²) in [4.78, 5) is 13.3. The highest BCUT2D eigenvalue weighted by atomic mass is 16.5. The van der Waals surface area contributed by atoms with Gasteiger partial charge in [0.1, 0.15) is 6.10 Å². The average molecular weight is 497 g/mol. The smallest absolute Gasteiger partial charge is 0.198 e. The van der Waals surface area contributed by atoms with Crippen LogP contribution in [0.1, 0.15) is 79.6 Å². The summed E-state index contributed by atoms with van der Waals surface area (Å²) >= 11 is 0. The molecule has 0 aliphatic heterocycles. The van der Waals surface area contributed by atoms with E-state index in [1.54, 1.807) is 20.8 Å². The maximum absolute atomic E-state index is 13.3. The van der Waals surface area contributed by atoms with Gasteiger partial charge in [0.15, 0.2) is 11.6 Å². The maximum atomic E-state index is 13.3. The normalized spacial score (nSPS) is 46.8. The van der Waals surface area contributed by atoms with Crippen molar-refractivity contribution in [3.8, 4) is 0 Å². The molecular weight excluding hydrogens is 452 g/mol. The topological polar surface area (TPSA) is 159 Å². The number of aliphatic hydroxyl groups excluding tert-OH is 3. The fraction of sp³-hybridized carbons (Fsp3) is 0.889. The molecule has 0 aromatic carbocycles. The molecule has 0 aromatic heterocycles. The molecular formula is C27H44O8. The minimum absolute atomic E-state index is 0.0291. The third-order valence-electron chi connectivity index (χ3n) is 10.8. The molecule has 0 spiro atoms. The lowest BCUT2D eigenvalue weighted by molar-refractivity contribution is -0.347. The minimum Gasteiger partial charge on any atom is -0.393 e. The molecule has 7 N–H and O–H groups in total. The Kier molecular flexibility index (Phi) is 6.46. The van der Waals surface area contributed by atoms with Crippen LogP contribution in [0.15, 0.2) is 11.6 Å². The molecule has 8 heteroatoms. The van der Waals surface area contributed by atoms with E-state index in [0.717, 1.165) is 0 Å². The van der Waals surface area contributed by atoms with Gasteiger partial charge in [0, 0.05) is 16.7 Å². The number of allylic oxidation sites excluding steroid dienone is 1. The molecule has 4 rings (SSSR count). The van der Waals surface area contributed by atoms with Crippen molar-refractivity contribution >= 4 is 5.78 Å². The summed E-state index contributed by atoms with van der Waals surface area (Å²) in [5, 5.41) is 76.1. The number of hydrogen-bond acceptors (Lipinski definition) is 8. The van der Waals surface area contributed by atoms with Crippen LogP contribution in [0, 0.1) is 34.5 Å². The minimum atomic E-state index is -2.70. The first-order valence-corrected chi connectivity index (χ1v) is 13.1. The Morgan fingerprint density at radius 2 is 1.71 bits per heavy atom. The second-order valence-electron chi connectivity index (χ2n) is 13.1. The van der Waals surface area contributed by atoms with E-state index in [1.807, 2.05) is 13.8 Å². The second-order valence-corrected chi connectivity index (χ2v) is 13.1. The Balaban J connectivity index is 1.68. The zero-order chi connectivity index (χ0) is 26.4. The van der Waals surface area contributed by atoms with Crippen LogP contribution in [0.2, 0.25) is 0 Å². The van der Waals surface area contributed by atoms with Crippen LogP contribution in [0.5, 0.6) is 0 Å². The van der Waals surface area contributed by atoms with Crippen molar-refractivity contribution in [1.29, 1.82) is 0 Å². The molecule has 0 aromatic rings. The van der Waals surface area contributed by atoms with Gasteiger partial charge in [0.2, 0.25) is 0 Å². The monoisotopic (exact) mass is 496 g/mol. The van der Waals surface area contributed by atoms with Crippen LogP contribution in [0.25, 0.3) is 0 Å². The van der Waals surface area contributed by atoms with Crippen molar-refractivity contribution < 1.29 is 40.5 Å². The fourth-order valence-corrected chi connectivity index (χ4v) is 8.37. The molecule has 4 aliphatic rings. The average Bonchev–Trinajstić information content (AvgIpc) is 3.03. The highest BCUT2D eigenvalue weighted by molar-refractivity contribution is 5.95. The standard InChI is InChI=1S/C27H44O8/c1-14(19(28)8-9-23(2,3)32)15-7-11-26(33)17-12-20(29)18-13-21(30)22(31)27(34,35)25(18,5)16(17)6-10-24(15,26)4/h12,14-16,18-19,21-22,28,30-35H,6-11,13H2,1-5H3/t14?,15-,16?,18+,19-,21-,22+,24-,25-,26-/m1/s1.